The highest BCUT2D eigenvalue weighted by Crippen LogP contribution is 2.25. The molecule has 2 rings (SSSR count). The maximum absolute atomic E-state index is 11.9. The number of nitrogens with one attached hydrogen (secondary N) is 2. The van der Waals surface area contributed by atoms with Gasteiger partial charge in [-0.25, -0.2) is 0 Å². The summed E-state index contributed by atoms with van der Waals surface area (Å²) in [5, 5.41) is 6.42. The number of piperidine rings is 1. The summed E-state index contributed by atoms with van der Waals surface area (Å²) in [5.74, 6) is 0.854. The normalized spacial score (nSPS) is 28.9. The summed E-state index contributed by atoms with van der Waals surface area (Å²) in [5.41, 5.74) is 0. The average molecular weight is 274 g/mol. The van der Waals surface area contributed by atoms with Gasteiger partial charge in [-0.05, 0) is 32.2 Å². The molecule has 104 valence electrons. The van der Waals surface area contributed by atoms with Crippen molar-refractivity contribution in [2.75, 3.05) is 26.2 Å². The van der Waals surface area contributed by atoms with Gasteiger partial charge in [-0.1, -0.05) is 6.08 Å². The van der Waals surface area contributed by atoms with Crippen molar-refractivity contribution < 1.29 is 4.79 Å². The first-order valence-corrected chi connectivity index (χ1v) is 6.58. The van der Waals surface area contributed by atoms with Crippen LogP contribution in [0.3, 0.4) is 0 Å². The number of rotatable bonds is 4. The van der Waals surface area contributed by atoms with Crippen molar-refractivity contribution in [2.45, 2.75) is 31.8 Å². The summed E-state index contributed by atoms with van der Waals surface area (Å²) in [7, 11) is 0. The lowest BCUT2D eigenvalue weighted by atomic mass is 9.92. The molecule has 0 aliphatic carbocycles. The van der Waals surface area contributed by atoms with E-state index in [0.717, 1.165) is 25.6 Å². The first-order chi connectivity index (χ1) is 8.22. The van der Waals surface area contributed by atoms with Crippen LogP contribution in [-0.2, 0) is 4.79 Å². The molecule has 0 aromatic carbocycles. The van der Waals surface area contributed by atoms with E-state index < -0.39 is 0 Å². The van der Waals surface area contributed by atoms with Crippen LogP contribution in [0.2, 0.25) is 0 Å². The highest BCUT2D eigenvalue weighted by molar-refractivity contribution is 5.85. The molecular weight excluding hydrogens is 250 g/mol. The van der Waals surface area contributed by atoms with Crippen molar-refractivity contribution in [2.24, 2.45) is 5.92 Å². The van der Waals surface area contributed by atoms with Gasteiger partial charge in [0.1, 0.15) is 0 Å². The highest BCUT2D eigenvalue weighted by atomic mass is 35.5. The van der Waals surface area contributed by atoms with Crippen LogP contribution in [0.4, 0.5) is 0 Å². The number of carbonyl (C=O) groups excluding carboxylic acids is 1. The van der Waals surface area contributed by atoms with E-state index in [1.165, 1.54) is 12.8 Å². The third-order valence-electron chi connectivity index (χ3n) is 4.03. The van der Waals surface area contributed by atoms with Gasteiger partial charge >= 0.3 is 0 Å². The second-order valence-corrected chi connectivity index (χ2v) is 5.10. The second kappa shape index (κ2) is 7.12. The Morgan fingerprint density at radius 2 is 2.39 bits per heavy atom. The lowest BCUT2D eigenvalue weighted by molar-refractivity contribution is -0.126. The van der Waals surface area contributed by atoms with E-state index in [1.807, 2.05) is 6.92 Å². The third kappa shape index (κ3) is 3.46. The Kier molecular flexibility index (Phi) is 6.12. The molecular formula is C13H24ClN3O. The summed E-state index contributed by atoms with van der Waals surface area (Å²) in [6, 6.07) is 0.672. The topological polar surface area (TPSA) is 44.4 Å². The quantitative estimate of drug-likeness (QED) is 0.744. The van der Waals surface area contributed by atoms with Crippen LogP contribution >= 0.6 is 12.4 Å². The predicted octanol–water partition coefficient (Wildman–Crippen LogP) is 0.783. The van der Waals surface area contributed by atoms with Gasteiger partial charge in [0.2, 0.25) is 5.91 Å². The van der Waals surface area contributed by atoms with Gasteiger partial charge in [0.15, 0.2) is 0 Å². The molecule has 2 aliphatic heterocycles. The smallest absolute Gasteiger partial charge is 0.237 e. The number of carbonyl (C=O) groups is 1. The summed E-state index contributed by atoms with van der Waals surface area (Å²) in [4.78, 5) is 14.2. The van der Waals surface area contributed by atoms with E-state index in [0.29, 0.717) is 12.6 Å². The van der Waals surface area contributed by atoms with Crippen molar-refractivity contribution >= 4 is 18.3 Å². The monoisotopic (exact) mass is 273 g/mol. The van der Waals surface area contributed by atoms with Gasteiger partial charge in [0.05, 0.1) is 6.04 Å². The molecule has 0 aromatic rings. The number of nitrogens with zero attached hydrogens (tertiary/aromatic N) is 1. The number of halogens is 1. The fraction of sp³-hybridized carbons (Fsp3) is 0.769. The Labute approximate surface area is 116 Å². The number of amides is 1. The van der Waals surface area contributed by atoms with Crippen LogP contribution in [0.5, 0.6) is 0 Å². The summed E-state index contributed by atoms with van der Waals surface area (Å²) in [6.45, 7) is 9.39. The van der Waals surface area contributed by atoms with Crippen LogP contribution < -0.4 is 10.6 Å². The van der Waals surface area contributed by atoms with Gasteiger partial charge in [0.25, 0.3) is 0 Å². The Morgan fingerprint density at radius 1 is 1.61 bits per heavy atom. The van der Waals surface area contributed by atoms with E-state index in [-0.39, 0.29) is 24.4 Å². The van der Waals surface area contributed by atoms with Crippen LogP contribution in [0.25, 0.3) is 0 Å². The van der Waals surface area contributed by atoms with Crippen molar-refractivity contribution in [3.63, 3.8) is 0 Å². The molecule has 4 nitrogen and oxygen atoms in total. The largest absolute Gasteiger partial charge is 0.351 e. The van der Waals surface area contributed by atoms with E-state index in [1.54, 1.807) is 6.08 Å². The molecule has 0 radical (unpaired) electrons. The average Bonchev–Trinajstić information content (AvgIpc) is 2.81. The van der Waals surface area contributed by atoms with Crippen LogP contribution in [0.15, 0.2) is 12.7 Å². The highest BCUT2D eigenvalue weighted by Gasteiger charge is 2.35. The third-order valence-corrected chi connectivity index (χ3v) is 4.03. The molecule has 2 N–H and O–H groups in total. The zero-order valence-corrected chi connectivity index (χ0v) is 11.8. The molecule has 1 amide bonds. The minimum absolute atomic E-state index is 0. The molecule has 2 heterocycles. The summed E-state index contributed by atoms with van der Waals surface area (Å²) in [6.07, 6.45) is 4.14. The Hall–Kier alpha value is -0.580. The minimum Gasteiger partial charge on any atom is -0.351 e. The lowest BCUT2D eigenvalue weighted by Gasteiger charge is -2.37. The van der Waals surface area contributed by atoms with Crippen molar-refractivity contribution in [3.05, 3.63) is 12.7 Å². The molecule has 5 heteroatoms. The van der Waals surface area contributed by atoms with Gasteiger partial charge in [-0.15, -0.1) is 19.0 Å². The van der Waals surface area contributed by atoms with Gasteiger partial charge in [0, 0.05) is 25.7 Å². The van der Waals surface area contributed by atoms with E-state index in [4.69, 9.17) is 0 Å². The van der Waals surface area contributed by atoms with Gasteiger partial charge in [-0.3, -0.25) is 9.69 Å². The first kappa shape index (κ1) is 15.5. The number of hydrogen-bond donors (Lipinski definition) is 2. The zero-order valence-electron chi connectivity index (χ0n) is 11.0. The SMILES string of the molecule is C=CCNC(=O)C(C)N1CCC2NCCC2C1.Cl. The van der Waals surface area contributed by atoms with Crippen LogP contribution in [0, 0.1) is 5.92 Å². The molecule has 18 heavy (non-hydrogen) atoms. The molecule has 2 fully saturated rings. The van der Waals surface area contributed by atoms with Crippen molar-refractivity contribution in [1.29, 1.82) is 0 Å². The van der Waals surface area contributed by atoms with Crippen LogP contribution in [0.1, 0.15) is 19.8 Å². The minimum atomic E-state index is -0.0171. The number of hydrogen-bond acceptors (Lipinski definition) is 3. The standard InChI is InChI=1S/C13H23N3O.ClH/c1-3-6-15-13(17)10(2)16-8-5-12-11(9-16)4-7-14-12;/h3,10-12,14H,1,4-9H2,2H3,(H,15,17);1H. The maximum atomic E-state index is 11.9. The molecule has 2 aliphatic rings. The predicted molar refractivity (Wildman–Crippen MR) is 76.0 cm³/mol. The van der Waals surface area contributed by atoms with Crippen LogP contribution in [-0.4, -0.2) is 49.1 Å². The molecule has 0 bridgehead atoms. The molecule has 0 aromatic heterocycles. The number of likely N-dealkylation sites (tertiary alicyclic amines) is 1. The van der Waals surface area contributed by atoms with Gasteiger partial charge in [-0.2, -0.15) is 0 Å². The Balaban J connectivity index is 0.00000162. The van der Waals surface area contributed by atoms with Gasteiger partial charge < -0.3 is 10.6 Å². The summed E-state index contributed by atoms with van der Waals surface area (Å²) < 4.78 is 0. The van der Waals surface area contributed by atoms with E-state index in [9.17, 15) is 4.79 Å². The zero-order chi connectivity index (χ0) is 12.3. The van der Waals surface area contributed by atoms with E-state index in [2.05, 4.69) is 22.1 Å². The molecule has 0 spiro atoms. The first-order valence-electron chi connectivity index (χ1n) is 6.58. The molecule has 0 saturated carbocycles. The van der Waals surface area contributed by atoms with Crippen molar-refractivity contribution in [1.82, 2.24) is 15.5 Å². The van der Waals surface area contributed by atoms with Crippen molar-refractivity contribution in [3.8, 4) is 0 Å². The Morgan fingerprint density at radius 3 is 3.11 bits per heavy atom. The second-order valence-electron chi connectivity index (χ2n) is 5.10. The molecule has 2 saturated heterocycles. The molecule has 3 unspecified atom stereocenters. The Bertz CT molecular complexity index is 298. The maximum Gasteiger partial charge on any atom is 0.237 e. The van der Waals surface area contributed by atoms with E-state index >= 15 is 0 Å². The fourth-order valence-electron chi connectivity index (χ4n) is 2.91. The summed E-state index contributed by atoms with van der Waals surface area (Å²) >= 11 is 0. The lowest BCUT2D eigenvalue weighted by Crippen LogP contribution is -2.52. The number of fused-ring (bicyclic) bond motifs is 1. The molecule has 3 atom stereocenters. The fourth-order valence-corrected chi connectivity index (χ4v) is 2.91.